The lowest BCUT2D eigenvalue weighted by molar-refractivity contribution is 0.404. The molecule has 3 nitrogen and oxygen atoms in total. The second-order valence-electron chi connectivity index (χ2n) is 4.60. The zero-order valence-electron chi connectivity index (χ0n) is 12.1. The van der Waals surface area contributed by atoms with E-state index in [9.17, 15) is 8.78 Å². The zero-order valence-corrected chi connectivity index (χ0v) is 12.1. The first kappa shape index (κ1) is 15.1. The Labute approximate surface area is 122 Å². The van der Waals surface area contributed by atoms with E-state index in [4.69, 9.17) is 9.47 Å². The Bertz CT molecular complexity index is 632. The highest BCUT2D eigenvalue weighted by Gasteiger charge is 2.14. The van der Waals surface area contributed by atoms with Crippen LogP contribution in [0.1, 0.15) is 18.5 Å². The summed E-state index contributed by atoms with van der Waals surface area (Å²) in [6.07, 6.45) is 0. The summed E-state index contributed by atoms with van der Waals surface area (Å²) in [6.45, 7) is 1.79. The molecule has 0 aliphatic rings. The van der Waals surface area contributed by atoms with Gasteiger partial charge in [0.25, 0.3) is 0 Å². The summed E-state index contributed by atoms with van der Waals surface area (Å²) in [5.41, 5.74) is 1.05. The third kappa shape index (κ3) is 3.42. The normalized spacial score (nSPS) is 11.9. The molecule has 1 unspecified atom stereocenters. The Kier molecular flexibility index (Phi) is 4.62. The largest absolute Gasteiger partial charge is 0.497 e. The number of ether oxygens (including phenoxy) is 2. The molecule has 0 saturated heterocycles. The Hall–Kier alpha value is -2.30. The minimum Gasteiger partial charge on any atom is -0.497 e. The lowest BCUT2D eigenvalue weighted by Crippen LogP contribution is -2.10. The van der Waals surface area contributed by atoms with Crippen molar-refractivity contribution in [2.24, 2.45) is 0 Å². The van der Waals surface area contributed by atoms with Crippen LogP contribution >= 0.6 is 0 Å². The van der Waals surface area contributed by atoms with Crippen molar-refractivity contribution in [2.45, 2.75) is 13.0 Å². The third-order valence-electron chi connectivity index (χ3n) is 3.21. The van der Waals surface area contributed by atoms with E-state index in [1.165, 1.54) is 12.1 Å². The molecule has 5 heteroatoms. The van der Waals surface area contributed by atoms with Crippen molar-refractivity contribution in [1.29, 1.82) is 0 Å². The maximum absolute atomic E-state index is 13.8. The second-order valence-corrected chi connectivity index (χ2v) is 4.60. The van der Waals surface area contributed by atoms with Crippen molar-refractivity contribution in [3.8, 4) is 11.5 Å². The van der Waals surface area contributed by atoms with E-state index in [1.807, 2.05) is 0 Å². The number of nitrogens with one attached hydrogen (secondary N) is 1. The van der Waals surface area contributed by atoms with Crippen molar-refractivity contribution in [1.82, 2.24) is 0 Å². The van der Waals surface area contributed by atoms with Gasteiger partial charge in [-0.2, -0.15) is 0 Å². The lowest BCUT2D eigenvalue weighted by Gasteiger charge is -2.19. The number of halogens is 2. The van der Waals surface area contributed by atoms with Gasteiger partial charge in [0.15, 0.2) is 0 Å². The SMILES string of the molecule is COc1ccc(OC)c(NC(C)c2ccc(F)cc2F)c1. The number of methoxy groups -OCH3 is 2. The summed E-state index contributed by atoms with van der Waals surface area (Å²) in [5.74, 6) is 0.0921. The number of rotatable bonds is 5. The van der Waals surface area contributed by atoms with Gasteiger partial charge < -0.3 is 14.8 Å². The highest BCUT2D eigenvalue weighted by Crippen LogP contribution is 2.32. The summed E-state index contributed by atoms with van der Waals surface area (Å²) >= 11 is 0. The minimum absolute atomic E-state index is 0.355. The predicted molar refractivity (Wildman–Crippen MR) is 77.9 cm³/mol. The van der Waals surface area contributed by atoms with Crippen LogP contribution < -0.4 is 14.8 Å². The standard InChI is InChI=1S/C16H17F2NO2/c1-10(13-6-4-11(17)8-14(13)18)19-15-9-12(20-2)5-7-16(15)21-3/h4-10,19H,1-3H3. The van der Waals surface area contributed by atoms with Crippen LogP contribution in [0.3, 0.4) is 0 Å². The Balaban J connectivity index is 2.28. The van der Waals surface area contributed by atoms with Crippen molar-refractivity contribution in [3.05, 3.63) is 53.6 Å². The zero-order chi connectivity index (χ0) is 15.4. The molecule has 0 spiro atoms. The van der Waals surface area contributed by atoms with Crippen LogP contribution in [0.2, 0.25) is 0 Å². The first-order valence-corrected chi connectivity index (χ1v) is 6.48. The summed E-state index contributed by atoms with van der Waals surface area (Å²) in [5, 5.41) is 3.15. The Morgan fingerprint density at radius 2 is 1.76 bits per heavy atom. The molecule has 0 saturated carbocycles. The molecule has 0 aliphatic carbocycles. The van der Waals surface area contributed by atoms with Crippen LogP contribution in [0.25, 0.3) is 0 Å². The Morgan fingerprint density at radius 3 is 2.38 bits per heavy atom. The van der Waals surface area contributed by atoms with Crippen LogP contribution in [-0.2, 0) is 0 Å². The quantitative estimate of drug-likeness (QED) is 0.898. The average Bonchev–Trinajstić information content (AvgIpc) is 2.46. The van der Waals surface area contributed by atoms with E-state index in [-0.39, 0.29) is 6.04 Å². The van der Waals surface area contributed by atoms with Gasteiger partial charge in [0.05, 0.1) is 25.9 Å². The number of benzene rings is 2. The van der Waals surface area contributed by atoms with E-state index >= 15 is 0 Å². The molecule has 1 atom stereocenters. The average molecular weight is 293 g/mol. The smallest absolute Gasteiger partial charge is 0.142 e. The van der Waals surface area contributed by atoms with Gasteiger partial charge in [-0.05, 0) is 25.1 Å². The molecule has 2 aromatic rings. The molecule has 0 bridgehead atoms. The topological polar surface area (TPSA) is 30.5 Å². The van der Waals surface area contributed by atoms with E-state index in [2.05, 4.69) is 5.32 Å². The minimum atomic E-state index is -0.595. The fourth-order valence-corrected chi connectivity index (χ4v) is 2.09. The molecule has 2 aromatic carbocycles. The molecule has 0 radical (unpaired) electrons. The van der Waals surface area contributed by atoms with Crippen molar-refractivity contribution in [3.63, 3.8) is 0 Å². The van der Waals surface area contributed by atoms with E-state index < -0.39 is 11.6 Å². The number of hydrogen-bond acceptors (Lipinski definition) is 3. The van der Waals surface area contributed by atoms with E-state index in [0.29, 0.717) is 22.7 Å². The van der Waals surface area contributed by atoms with Crippen molar-refractivity contribution >= 4 is 5.69 Å². The second kappa shape index (κ2) is 6.43. The van der Waals surface area contributed by atoms with Crippen LogP contribution in [-0.4, -0.2) is 14.2 Å². The lowest BCUT2D eigenvalue weighted by atomic mass is 10.1. The molecule has 21 heavy (non-hydrogen) atoms. The Morgan fingerprint density at radius 1 is 1.00 bits per heavy atom. The van der Waals surface area contributed by atoms with Gasteiger partial charge in [-0.3, -0.25) is 0 Å². The van der Waals surface area contributed by atoms with Crippen LogP contribution in [0, 0.1) is 11.6 Å². The van der Waals surface area contributed by atoms with Gasteiger partial charge in [-0.25, -0.2) is 8.78 Å². The van der Waals surface area contributed by atoms with E-state index in [0.717, 1.165) is 6.07 Å². The van der Waals surface area contributed by atoms with Gasteiger partial charge in [0.1, 0.15) is 23.1 Å². The summed E-state index contributed by atoms with van der Waals surface area (Å²) < 4.78 is 37.2. The first-order valence-electron chi connectivity index (χ1n) is 6.48. The number of hydrogen-bond donors (Lipinski definition) is 1. The highest BCUT2D eigenvalue weighted by atomic mass is 19.1. The molecule has 0 heterocycles. The molecule has 0 aromatic heterocycles. The fraction of sp³-hybridized carbons (Fsp3) is 0.250. The maximum Gasteiger partial charge on any atom is 0.142 e. The van der Waals surface area contributed by atoms with Gasteiger partial charge in [-0.1, -0.05) is 6.07 Å². The van der Waals surface area contributed by atoms with Gasteiger partial charge in [0, 0.05) is 17.7 Å². The van der Waals surface area contributed by atoms with Crippen LogP contribution in [0.5, 0.6) is 11.5 Å². The van der Waals surface area contributed by atoms with E-state index in [1.54, 1.807) is 39.3 Å². The molecular weight excluding hydrogens is 276 g/mol. The third-order valence-corrected chi connectivity index (χ3v) is 3.21. The molecule has 0 fully saturated rings. The van der Waals surface area contributed by atoms with Crippen molar-refractivity contribution in [2.75, 3.05) is 19.5 Å². The fourth-order valence-electron chi connectivity index (χ4n) is 2.09. The molecule has 0 aliphatic heterocycles. The monoisotopic (exact) mass is 293 g/mol. The number of anilines is 1. The first-order chi connectivity index (χ1) is 10.0. The van der Waals surface area contributed by atoms with Gasteiger partial charge in [-0.15, -0.1) is 0 Å². The van der Waals surface area contributed by atoms with Gasteiger partial charge >= 0.3 is 0 Å². The highest BCUT2D eigenvalue weighted by molar-refractivity contribution is 5.60. The van der Waals surface area contributed by atoms with Crippen LogP contribution in [0.15, 0.2) is 36.4 Å². The van der Waals surface area contributed by atoms with Crippen molar-refractivity contribution < 1.29 is 18.3 Å². The molecule has 1 N–H and O–H groups in total. The van der Waals surface area contributed by atoms with Gasteiger partial charge in [0.2, 0.25) is 0 Å². The molecular formula is C16H17F2NO2. The maximum atomic E-state index is 13.8. The molecule has 112 valence electrons. The van der Waals surface area contributed by atoms with Crippen LogP contribution in [0.4, 0.5) is 14.5 Å². The molecule has 0 amide bonds. The summed E-state index contributed by atoms with van der Waals surface area (Å²) in [6, 6.07) is 8.47. The predicted octanol–water partition coefficient (Wildman–Crippen LogP) is 4.16. The molecule has 2 rings (SSSR count). The summed E-state index contributed by atoms with van der Waals surface area (Å²) in [7, 11) is 3.12. The summed E-state index contributed by atoms with van der Waals surface area (Å²) in [4.78, 5) is 0.